The van der Waals surface area contributed by atoms with E-state index in [1.165, 1.54) is 0 Å². The maximum absolute atomic E-state index is 12.1. The standard InChI is InChI=1S/C16H21ClN2O3/c1-2-12(20)7-8-18-16(22)11-9-15(21)19(10-11)14-6-4-3-5-13(14)17/h3-6,11-12,20H,2,7-10H2,1H3,(H,18,22). The number of aliphatic hydroxyl groups is 1. The number of benzene rings is 1. The number of aliphatic hydroxyl groups excluding tert-OH is 1. The van der Waals surface area contributed by atoms with Gasteiger partial charge in [0.2, 0.25) is 11.8 Å². The highest BCUT2D eigenvalue weighted by Gasteiger charge is 2.35. The molecule has 0 radical (unpaired) electrons. The van der Waals surface area contributed by atoms with Gasteiger partial charge in [-0.25, -0.2) is 0 Å². The van der Waals surface area contributed by atoms with Crippen molar-refractivity contribution in [3.63, 3.8) is 0 Å². The summed E-state index contributed by atoms with van der Waals surface area (Å²) in [5.41, 5.74) is 0.644. The quantitative estimate of drug-likeness (QED) is 0.840. The zero-order valence-electron chi connectivity index (χ0n) is 12.6. The molecule has 0 saturated carbocycles. The van der Waals surface area contributed by atoms with Crippen LogP contribution in [0.3, 0.4) is 0 Å². The maximum atomic E-state index is 12.1. The highest BCUT2D eigenvalue weighted by molar-refractivity contribution is 6.33. The van der Waals surface area contributed by atoms with Gasteiger partial charge in [-0.05, 0) is 25.0 Å². The molecule has 1 aliphatic rings. The normalized spacial score (nSPS) is 19.3. The Hall–Kier alpha value is -1.59. The second-order valence-electron chi connectivity index (χ2n) is 5.50. The van der Waals surface area contributed by atoms with Crippen molar-refractivity contribution >= 4 is 29.1 Å². The summed E-state index contributed by atoms with van der Waals surface area (Å²) in [6.07, 6.45) is 0.980. The molecule has 1 aliphatic heterocycles. The SMILES string of the molecule is CCC(O)CCNC(=O)C1CC(=O)N(c2ccccc2Cl)C1. The van der Waals surface area contributed by atoms with Gasteiger partial charge in [-0.3, -0.25) is 9.59 Å². The first-order valence-corrected chi connectivity index (χ1v) is 7.91. The molecule has 2 atom stereocenters. The molecule has 6 heteroatoms. The lowest BCUT2D eigenvalue weighted by molar-refractivity contribution is -0.126. The molecule has 0 aromatic heterocycles. The Balaban J connectivity index is 1.92. The second-order valence-corrected chi connectivity index (χ2v) is 5.91. The van der Waals surface area contributed by atoms with Gasteiger partial charge < -0.3 is 15.3 Å². The van der Waals surface area contributed by atoms with Gasteiger partial charge in [0, 0.05) is 19.5 Å². The van der Waals surface area contributed by atoms with E-state index in [0.717, 1.165) is 0 Å². The molecule has 2 amide bonds. The molecule has 1 saturated heterocycles. The highest BCUT2D eigenvalue weighted by Crippen LogP contribution is 2.30. The maximum Gasteiger partial charge on any atom is 0.227 e. The minimum absolute atomic E-state index is 0.0955. The van der Waals surface area contributed by atoms with Crippen LogP contribution < -0.4 is 10.2 Å². The predicted octanol–water partition coefficient (Wildman–Crippen LogP) is 1.97. The van der Waals surface area contributed by atoms with Crippen LogP contribution in [0.4, 0.5) is 5.69 Å². The molecule has 5 nitrogen and oxygen atoms in total. The van der Waals surface area contributed by atoms with E-state index in [0.29, 0.717) is 36.6 Å². The fourth-order valence-corrected chi connectivity index (χ4v) is 2.73. The van der Waals surface area contributed by atoms with Gasteiger partial charge in [0.1, 0.15) is 0 Å². The summed E-state index contributed by atoms with van der Waals surface area (Å²) >= 11 is 6.11. The number of carbonyl (C=O) groups excluding carboxylic acids is 2. The third-order valence-electron chi connectivity index (χ3n) is 3.89. The summed E-state index contributed by atoms with van der Waals surface area (Å²) < 4.78 is 0. The molecule has 0 spiro atoms. The second kappa shape index (κ2) is 7.61. The van der Waals surface area contributed by atoms with Crippen LogP contribution in [0.25, 0.3) is 0 Å². The van der Waals surface area contributed by atoms with Crippen molar-refractivity contribution in [1.29, 1.82) is 0 Å². The largest absolute Gasteiger partial charge is 0.393 e. The monoisotopic (exact) mass is 324 g/mol. The molecule has 1 aromatic carbocycles. The number of amides is 2. The van der Waals surface area contributed by atoms with Gasteiger partial charge in [0.05, 0.1) is 22.7 Å². The molecule has 0 bridgehead atoms. The fourth-order valence-electron chi connectivity index (χ4n) is 2.50. The average molecular weight is 325 g/mol. The number of hydrogen-bond donors (Lipinski definition) is 2. The molecule has 1 heterocycles. The first-order valence-electron chi connectivity index (χ1n) is 7.53. The van der Waals surface area contributed by atoms with Crippen molar-refractivity contribution in [3.8, 4) is 0 Å². The van der Waals surface area contributed by atoms with Gasteiger partial charge in [-0.15, -0.1) is 0 Å². The van der Waals surface area contributed by atoms with E-state index in [2.05, 4.69) is 5.32 Å². The van der Waals surface area contributed by atoms with Gasteiger partial charge >= 0.3 is 0 Å². The molecule has 2 unspecified atom stereocenters. The molecule has 1 fully saturated rings. The molecule has 1 aromatic rings. The zero-order chi connectivity index (χ0) is 16.1. The van der Waals surface area contributed by atoms with Crippen LogP contribution in [0.5, 0.6) is 0 Å². The molecule has 0 aliphatic carbocycles. The molecule has 2 rings (SSSR count). The van der Waals surface area contributed by atoms with E-state index in [9.17, 15) is 14.7 Å². The van der Waals surface area contributed by atoms with E-state index in [-0.39, 0.29) is 24.2 Å². The predicted molar refractivity (Wildman–Crippen MR) is 85.8 cm³/mol. The van der Waals surface area contributed by atoms with E-state index in [4.69, 9.17) is 11.6 Å². The molecular formula is C16H21ClN2O3. The van der Waals surface area contributed by atoms with Crippen molar-refractivity contribution in [2.75, 3.05) is 18.0 Å². The van der Waals surface area contributed by atoms with Crippen molar-refractivity contribution in [1.82, 2.24) is 5.32 Å². The van der Waals surface area contributed by atoms with Crippen LogP contribution in [-0.4, -0.2) is 36.1 Å². The van der Waals surface area contributed by atoms with E-state index in [1.807, 2.05) is 13.0 Å². The number of hydrogen-bond acceptors (Lipinski definition) is 3. The number of carbonyl (C=O) groups is 2. The number of nitrogens with zero attached hydrogens (tertiary/aromatic N) is 1. The Labute approximate surface area is 135 Å². The van der Waals surface area contributed by atoms with Crippen LogP contribution in [0.15, 0.2) is 24.3 Å². The minimum Gasteiger partial charge on any atom is -0.393 e. The number of nitrogens with one attached hydrogen (secondary N) is 1. The van der Waals surface area contributed by atoms with Crippen LogP contribution in [0.1, 0.15) is 26.2 Å². The first-order chi connectivity index (χ1) is 10.5. The number of anilines is 1. The van der Waals surface area contributed by atoms with E-state index in [1.54, 1.807) is 23.1 Å². The van der Waals surface area contributed by atoms with Crippen LogP contribution in [-0.2, 0) is 9.59 Å². The summed E-state index contributed by atoms with van der Waals surface area (Å²) in [4.78, 5) is 25.8. The minimum atomic E-state index is -0.398. The Bertz CT molecular complexity index is 550. The summed E-state index contributed by atoms with van der Waals surface area (Å²) in [7, 11) is 0. The Morgan fingerprint density at radius 3 is 2.91 bits per heavy atom. The fraction of sp³-hybridized carbons (Fsp3) is 0.500. The van der Waals surface area contributed by atoms with Gasteiger partial charge in [-0.1, -0.05) is 30.7 Å². The van der Waals surface area contributed by atoms with Crippen LogP contribution in [0.2, 0.25) is 5.02 Å². The number of para-hydroxylation sites is 1. The molecule has 2 N–H and O–H groups in total. The zero-order valence-corrected chi connectivity index (χ0v) is 13.3. The average Bonchev–Trinajstić information content (AvgIpc) is 2.89. The number of rotatable bonds is 6. The topological polar surface area (TPSA) is 69.6 Å². The Morgan fingerprint density at radius 1 is 1.50 bits per heavy atom. The van der Waals surface area contributed by atoms with Crippen molar-refractivity contribution in [3.05, 3.63) is 29.3 Å². The smallest absolute Gasteiger partial charge is 0.227 e. The number of halogens is 1. The van der Waals surface area contributed by atoms with Crippen LogP contribution in [0, 0.1) is 5.92 Å². The Morgan fingerprint density at radius 2 is 2.23 bits per heavy atom. The Kier molecular flexibility index (Phi) is 5.80. The lowest BCUT2D eigenvalue weighted by Crippen LogP contribution is -2.34. The molecule has 120 valence electrons. The van der Waals surface area contributed by atoms with E-state index >= 15 is 0 Å². The third-order valence-corrected chi connectivity index (χ3v) is 4.21. The first kappa shape index (κ1) is 16.8. The summed E-state index contributed by atoms with van der Waals surface area (Å²) in [5.74, 6) is -0.615. The molecule has 22 heavy (non-hydrogen) atoms. The third kappa shape index (κ3) is 3.99. The van der Waals surface area contributed by atoms with E-state index < -0.39 is 6.10 Å². The summed E-state index contributed by atoms with van der Waals surface area (Å²) in [6.45, 7) is 2.65. The van der Waals surface area contributed by atoms with Crippen molar-refractivity contribution in [2.45, 2.75) is 32.3 Å². The van der Waals surface area contributed by atoms with Gasteiger partial charge in [0.15, 0.2) is 0 Å². The summed E-state index contributed by atoms with van der Waals surface area (Å²) in [5, 5.41) is 12.8. The molecular weight excluding hydrogens is 304 g/mol. The summed E-state index contributed by atoms with van der Waals surface area (Å²) in [6, 6.07) is 7.12. The van der Waals surface area contributed by atoms with Gasteiger partial charge in [-0.2, -0.15) is 0 Å². The van der Waals surface area contributed by atoms with Crippen molar-refractivity contribution in [2.24, 2.45) is 5.92 Å². The van der Waals surface area contributed by atoms with Crippen LogP contribution >= 0.6 is 11.6 Å². The highest BCUT2D eigenvalue weighted by atomic mass is 35.5. The van der Waals surface area contributed by atoms with Crippen molar-refractivity contribution < 1.29 is 14.7 Å². The lowest BCUT2D eigenvalue weighted by atomic mass is 10.1. The lowest BCUT2D eigenvalue weighted by Gasteiger charge is -2.18. The van der Waals surface area contributed by atoms with Gasteiger partial charge in [0.25, 0.3) is 0 Å².